The fourth-order valence-corrected chi connectivity index (χ4v) is 1.74. The fraction of sp³-hybridized carbons (Fsp3) is 0.385. The molecule has 3 N–H and O–H groups in total. The van der Waals surface area contributed by atoms with Gasteiger partial charge in [0.2, 0.25) is 0 Å². The molecule has 0 aliphatic rings. The summed E-state index contributed by atoms with van der Waals surface area (Å²) in [5.74, 6) is -1.00. The maximum atomic E-state index is 11.1. The summed E-state index contributed by atoms with van der Waals surface area (Å²) in [6.07, 6.45) is -0.229. The van der Waals surface area contributed by atoms with Crippen molar-refractivity contribution >= 4 is 11.9 Å². The Labute approximate surface area is 106 Å². The molecule has 5 nitrogen and oxygen atoms in total. The van der Waals surface area contributed by atoms with Crippen LogP contribution < -0.4 is 10.5 Å². The second-order valence-electron chi connectivity index (χ2n) is 4.16. The molecule has 0 spiro atoms. The van der Waals surface area contributed by atoms with Crippen molar-refractivity contribution in [3.8, 4) is 5.75 Å². The van der Waals surface area contributed by atoms with Crippen molar-refractivity contribution in [2.45, 2.75) is 33.3 Å². The molecule has 1 aromatic carbocycles. The molecule has 0 aromatic heterocycles. The number of primary amides is 1. The van der Waals surface area contributed by atoms with E-state index in [9.17, 15) is 9.59 Å². The van der Waals surface area contributed by atoms with Gasteiger partial charge in [0.15, 0.2) is 6.10 Å². The van der Waals surface area contributed by atoms with Crippen molar-refractivity contribution in [1.82, 2.24) is 0 Å². The summed E-state index contributed by atoms with van der Waals surface area (Å²) >= 11 is 0. The molecule has 1 amide bonds. The van der Waals surface area contributed by atoms with Gasteiger partial charge in [0.05, 0.1) is 5.56 Å². The lowest BCUT2D eigenvalue weighted by molar-refractivity contribution is -0.124. The Hall–Kier alpha value is -2.04. The van der Waals surface area contributed by atoms with Crippen LogP contribution in [0.15, 0.2) is 12.1 Å². The molecular formula is C13H17NO4. The largest absolute Gasteiger partial charge is 0.480 e. The Morgan fingerprint density at radius 2 is 1.83 bits per heavy atom. The average molecular weight is 251 g/mol. The number of aromatic carboxylic acids is 1. The summed E-state index contributed by atoms with van der Waals surface area (Å²) in [5.41, 5.74) is 6.76. The maximum Gasteiger partial charge on any atom is 0.335 e. The second-order valence-corrected chi connectivity index (χ2v) is 4.16. The summed E-state index contributed by atoms with van der Waals surface area (Å²) in [7, 11) is 0. The highest BCUT2D eigenvalue weighted by molar-refractivity contribution is 5.88. The Morgan fingerprint density at radius 3 is 2.17 bits per heavy atom. The minimum atomic E-state index is -0.991. The van der Waals surface area contributed by atoms with Gasteiger partial charge in [-0.15, -0.1) is 0 Å². The number of aryl methyl sites for hydroxylation is 2. The molecule has 0 bridgehead atoms. The monoisotopic (exact) mass is 251 g/mol. The summed E-state index contributed by atoms with van der Waals surface area (Å²) in [5, 5.41) is 8.93. The van der Waals surface area contributed by atoms with Crippen molar-refractivity contribution in [2.24, 2.45) is 5.73 Å². The molecular weight excluding hydrogens is 234 g/mol. The van der Waals surface area contributed by atoms with Gasteiger partial charge in [-0.05, 0) is 43.5 Å². The zero-order valence-electron chi connectivity index (χ0n) is 10.7. The van der Waals surface area contributed by atoms with Crippen molar-refractivity contribution < 1.29 is 19.4 Å². The standard InChI is InChI=1S/C13H17NO4/c1-4-10(12(14)15)18-11-7(2)5-9(13(16)17)6-8(11)3/h5-6,10H,4H2,1-3H3,(H2,14,15)(H,16,17). The molecule has 1 aromatic rings. The number of hydrogen-bond acceptors (Lipinski definition) is 3. The van der Waals surface area contributed by atoms with Crippen LogP contribution >= 0.6 is 0 Å². The van der Waals surface area contributed by atoms with E-state index < -0.39 is 18.0 Å². The van der Waals surface area contributed by atoms with E-state index in [2.05, 4.69) is 0 Å². The van der Waals surface area contributed by atoms with Crippen molar-refractivity contribution in [1.29, 1.82) is 0 Å². The van der Waals surface area contributed by atoms with E-state index in [1.54, 1.807) is 20.8 Å². The minimum absolute atomic E-state index is 0.199. The third kappa shape index (κ3) is 3.00. The molecule has 0 aliphatic heterocycles. The van der Waals surface area contributed by atoms with Crippen LogP contribution in [0.3, 0.4) is 0 Å². The van der Waals surface area contributed by atoms with Gasteiger partial charge in [-0.1, -0.05) is 6.92 Å². The molecule has 0 saturated heterocycles. The number of ether oxygens (including phenoxy) is 1. The Bertz CT molecular complexity index is 459. The van der Waals surface area contributed by atoms with Crippen LogP contribution in [0.25, 0.3) is 0 Å². The molecule has 5 heteroatoms. The lowest BCUT2D eigenvalue weighted by atomic mass is 10.1. The number of benzene rings is 1. The van der Waals surface area contributed by atoms with Gasteiger partial charge in [0.1, 0.15) is 5.75 Å². The van der Waals surface area contributed by atoms with Gasteiger partial charge in [0, 0.05) is 0 Å². The predicted molar refractivity (Wildman–Crippen MR) is 66.8 cm³/mol. The van der Waals surface area contributed by atoms with Crippen LogP contribution in [0.4, 0.5) is 0 Å². The minimum Gasteiger partial charge on any atom is -0.480 e. The molecule has 0 aliphatic carbocycles. The van der Waals surface area contributed by atoms with Crippen LogP contribution in [0.2, 0.25) is 0 Å². The Balaban J connectivity index is 3.10. The molecule has 1 rings (SSSR count). The van der Waals surface area contributed by atoms with Gasteiger partial charge in [-0.25, -0.2) is 4.79 Å². The van der Waals surface area contributed by atoms with Gasteiger partial charge in [-0.2, -0.15) is 0 Å². The highest BCUT2D eigenvalue weighted by Crippen LogP contribution is 2.26. The first kappa shape index (κ1) is 14.0. The Morgan fingerprint density at radius 1 is 1.33 bits per heavy atom. The van der Waals surface area contributed by atoms with Crippen molar-refractivity contribution in [2.75, 3.05) is 0 Å². The number of rotatable bonds is 5. The van der Waals surface area contributed by atoms with Gasteiger partial charge < -0.3 is 15.6 Å². The highest BCUT2D eigenvalue weighted by Gasteiger charge is 2.18. The second kappa shape index (κ2) is 5.53. The van der Waals surface area contributed by atoms with Gasteiger partial charge in [0.25, 0.3) is 5.91 Å². The molecule has 1 atom stereocenters. The van der Waals surface area contributed by atoms with Crippen molar-refractivity contribution in [3.63, 3.8) is 0 Å². The van der Waals surface area contributed by atoms with E-state index in [0.29, 0.717) is 23.3 Å². The van der Waals surface area contributed by atoms with E-state index in [4.69, 9.17) is 15.6 Å². The zero-order valence-corrected chi connectivity index (χ0v) is 10.7. The molecule has 0 heterocycles. The number of nitrogens with two attached hydrogens (primary N) is 1. The van der Waals surface area contributed by atoms with Crippen molar-refractivity contribution in [3.05, 3.63) is 28.8 Å². The van der Waals surface area contributed by atoms with Crippen LogP contribution in [-0.4, -0.2) is 23.1 Å². The molecule has 0 saturated carbocycles. The van der Waals surface area contributed by atoms with E-state index in [1.807, 2.05) is 0 Å². The lowest BCUT2D eigenvalue weighted by Gasteiger charge is -2.18. The van der Waals surface area contributed by atoms with Crippen LogP contribution in [0.5, 0.6) is 5.75 Å². The molecule has 0 fully saturated rings. The number of carbonyl (C=O) groups excluding carboxylic acids is 1. The van der Waals surface area contributed by atoms with E-state index in [1.165, 1.54) is 12.1 Å². The fourth-order valence-electron chi connectivity index (χ4n) is 1.74. The SMILES string of the molecule is CCC(Oc1c(C)cc(C(=O)O)cc1C)C(N)=O. The number of carboxylic acid groups (broad SMARTS) is 1. The van der Waals surface area contributed by atoms with Crippen LogP contribution in [0.1, 0.15) is 34.8 Å². The first-order chi connectivity index (χ1) is 8.36. The van der Waals surface area contributed by atoms with Gasteiger partial charge in [-0.3, -0.25) is 4.79 Å². The quantitative estimate of drug-likeness (QED) is 0.832. The molecule has 98 valence electrons. The number of carboxylic acids is 1. The maximum absolute atomic E-state index is 11.1. The summed E-state index contributed by atoms with van der Waals surface area (Å²) < 4.78 is 5.55. The van der Waals surface area contributed by atoms with E-state index in [0.717, 1.165) is 0 Å². The summed E-state index contributed by atoms with van der Waals surface area (Å²) in [4.78, 5) is 22.0. The summed E-state index contributed by atoms with van der Waals surface area (Å²) in [6.45, 7) is 5.27. The van der Waals surface area contributed by atoms with Gasteiger partial charge >= 0.3 is 5.97 Å². The normalized spacial score (nSPS) is 11.9. The number of hydrogen-bond donors (Lipinski definition) is 2. The highest BCUT2D eigenvalue weighted by atomic mass is 16.5. The summed E-state index contributed by atoms with van der Waals surface area (Å²) in [6, 6.07) is 3.02. The third-order valence-electron chi connectivity index (χ3n) is 2.66. The van der Waals surface area contributed by atoms with E-state index >= 15 is 0 Å². The first-order valence-electron chi connectivity index (χ1n) is 5.67. The third-order valence-corrected chi connectivity index (χ3v) is 2.66. The molecule has 1 unspecified atom stereocenters. The topological polar surface area (TPSA) is 89.6 Å². The number of amides is 1. The molecule has 18 heavy (non-hydrogen) atoms. The lowest BCUT2D eigenvalue weighted by Crippen LogP contribution is -2.33. The average Bonchev–Trinajstić information content (AvgIpc) is 2.27. The first-order valence-corrected chi connectivity index (χ1v) is 5.67. The predicted octanol–water partition coefficient (Wildman–Crippen LogP) is 1.64. The Kier molecular flexibility index (Phi) is 4.31. The molecule has 0 radical (unpaired) electrons. The smallest absolute Gasteiger partial charge is 0.335 e. The van der Waals surface area contributed by atoms with Crippen LogP contribution in [-0.2, 0) is 4.79 Å². The van der Waals surface area contributed by atoms with E-state index in [-0.39, 0.29) is 5.56 Å². The van der Waals surface area contributed by atoms with Crippen LogP contribution in [0, 0.1) is 13.8 Å². The number of carbonyl (C=O) groups is 2. The zero-order chi connectivity index (χ0) is 13.9.